The van der Waals surface area contributed by atoms with Crippen molar-refractivity contribution >= 4 is 28.3 Å². The van der Waals surface area contributed by atoms with E-state index in [0.717, 1.165) is 18.1 Å². The van der Waals surface area contributed by atoms with Gasteiger partial charge in [-0.25, -0.2) is 0 Å². The predicted octanol–water partition coefficient (Wildman–Crippen LogP) is 1.40. The fourth-order valence-electron chi connectivity index (χ4n) is 1.73. The van der Waals surface area contributed by atoms with Crippen molar-refractivity contribution in [2.75, 3.05) is 11.9 Å². The van der Waals surface area contributed by atoms with Crippen LogP contribution >= 0.6 is 11.3 Å². The highest BCUT2D eigenvalue weighted by molar-refractivity contribution is 7.15. The molecule has 18 heavy (non-hydrogen) atoms. The van der Waals surface area contributed by atoms with Crippen LogP contribution in [-0.2, 0) is 16.1 Å². The van der Waals surface area contributed by atoms with E-state index < -0.39 is 0 Å². The first-order valence-corrected chi connectivity index (χ1v) is 6.91. The van der Waals surface area contributed by atoms with Crippen molar-refractivity contribution < 1.29 is 9.59 Å². The van der Waals surface area contributed by atoms with Crippen molar-refractivity contribution in [3.63, 3.8) is 0 Å². The molecule has 0 aromatic carbocycles. The first kappa shape index (κ1) is 12.9. The fourth-order valence-corrected chi connectivity index (χ4v) is 2.49. The van der Waals surface area contributed by atoms with Gasteiger partial charge in [0.15, 0.2) is 0 Å². The number of imide groups is 1. The van der Waals surface area contributed by atoms with Gasteiger partial charge in [0, 0.05) is 19.4 Å². The first-order valence-electron chi connectivity index (χ1n) is 6.10. The van der Waals surface area contributed by atoms with Crippen LogP contribution in [0.1, 0.15) is 37.6 Å². The van der Waals surface area contributed by atoms with Crippen LogP contribution < -0.4 is 5.32 Å². The molecule has 0 bridgehead atoms. The molecule has 0 aliphatic carbocycles. The number of nitrogens with one attached hydrogen (secondary N) is 1. The van der Waals surface area contributed by atoms with Crippen LogP contribution in [0.25, 0.3) is 0 Å². The molecule has 1 aliphatic rings. The average Bonchev–Trinajstić information content (AvgIpc) is 2.79. The third kappa shape index (κ3) is 3.04. The third-order valence-corrected chi connectivity index (χ3v) is 3.54. The number of hydrogen-bond donors (Lipinski definition) is 1. The maximum atomic E-state index is 11.6. The number of likely N-dealkylation sites (tertiary alicyclic amines) is 1. The second kappa shape index (κ2) is 5.90. The summed E-state index contributed by atoms with van der Waals surface area (Å²) in [6.07, 6.45) is 2.57. The van der Waals surface area contributed by atoms with Crippen LogP contribution in [0.15, 0.2) is 0 Å². The van der Waals surface area contributed by atoms with Gasteiger partial charge in [0.05, 0.1) is 6.54 Å². The lowest BCUT2D eigenvalue weighted by Crippen LogP contribution is -2.39. The topological polar surface area (TPSA) is 75.2 Å². The summed E-state index contributed by atoms with van der Waals surface area (Å²) in [6, 6.07) is 0. The van der Waals surface area contributed by atoms with Crippen LogP contribution in [0, 0.1) is 0 Å². The normalized spacial score (nSPS) is 16.2. The molecular formula is C11H16N4O2S. The van der Waals surface area contributed by atoms with Crippen LogP contribution in [0.5, 0.6) is 0 Å². The molecule has 1 fully saturated rings. The Hall–Kier alpha value is -1.50. The number of nitrogens with zero attached hydrogens (tertiary/aromatic N) is 3. The van der Waals surface area contributed by atoms with Gasteiger partial charge in [-0.15, -0.1) is 10.2 Å². The smallest absolute Gasteiger partial charge is 0.229 e. The fraction of sp³-hybridized carbons (Fsp3) is 0.636. The minimum atomic E-state index is -0.107. The zero-order valence-corrected chi connectivity index (χ0v) is 11.1. The second-order valence-corrected chi connectivity index (χ2v) is 5.22. The Morgan fingerprint density at radius 1 is 1.28 bits per heavy atom. The Labute approximate surface area is 109 Å². The first-order chi connectivity index (χ1) is 8.70. The zero-order chi connectivity index (χ0) is 13.0. The molecule has 2 amide bonds. The molecule has 0 spiro atoms. The van der Waals surface area contributed by atoms with Gasteiger partial charge in [-0.05, 0) is 12.8 Å². The minimum absolute atomic E-state index is 0.107. The standard InChI is InChI=1S/C11H16N4O2S/c1-2-6-12-11-14-13-8(18-11)7-15-9(16)4-3-5-10(15)17/h2-7H2,1H3,(H,12,14). The summed E-state index contributed by atoms with van der Waals surface area (Å²) in [5.74, 6) is -0.214. The molecule has 2 heterocycles. The minimum Gasteiger partial charge on any atom is -0.360 e. The quantitative estimate of drug-likeness (QED) is 0.817. The van der Waals surface area contributed by atoms with Gasteiger partial charge in [0.25, 0.3) is 0 Å². The number of rotatable bonds is 5. The van der Waals surface area contributed by atoms with Crippen LogP contribution in [0.2, 0.25) is 0 Å². The summed E-state index contributed by atoms with van der Waals surface area (Å²) in [6.45, 7) is 3.17. The van der Waals surface area contributed by atoms with Crippen LogP contribution in [-0.4, -0.2) is 33.5 Å². The van der Waals surface area contributed by atoms with Gasteiger partial charge >= 0.3 is 0 Å². The summed E-state index contributed by atoms with van der Waals surface area (Å²) in [4.78, 5) is 24.6. The maximum Gasteiger partial charge on any atom is 0.229 e. The lowest BCUT2D eigenvalue weighted by atomic mass is 10.1. The van der Waals surface area contributed by atoms with E-state index in [1.807, 2.05) is 0 Å². The van der Waals surface area contributed by atoms with Crippen molar-refractivity contribution in [2.45, 2.75) is 39.2 Å². The van der Waals surface area contributed by atoms with E-state index in [-0.39, 0.29) is 18.4 Å². The van der Waals surface area contributed by atoms with Crippen LogP contribution in [0.4, 0.5) is 5.13 Å². The number of anilines is 1. The number of amides is 2. The van der Waals surface area contributed by atoms with E-state index in [0.29, 0.717) is 24.3 Å². The monoisotopic (exact) mass is 268 g/mol. The maximum absolute atomic E-state index is 11.6. The highest BCUT2D eigenvalue weighted by Crippen LogP contribution is 2.20. The summed E-state index contributed by atoms with van der Waals surface area (Å²) in [5.41, 5.74) is 0. The molecule has 0 saturated carbocycles. The Morgan fingerprint density at radius 2 is 2.00 bits per heavy atom. The molecule has 6 nitrogen and oxygen atoms in total. The van der Waals surface area contributed by atoms with Crippen molar-refractivity contribution in [3.05, 3.63) is 5.01 Å². The summed E-state index contributed by atoms with van der Waals surface area (Å²) in [5, 5.41) is 12.5. The molecule has 98 valence electrons. The van der Waals surface area contributed by atoms with E-state index >= 15 is 0 Å². The molecule has 1 saturated heterocycles. The number of carbonyl (C=O) groups excluding carboxylic acids is 2. The Kier molecular flexibility index (Phi) is 4.24. The molecule has 0 radical (unpaired) electrons. The highest BCUT2D eigenvalue weighted by atomic mass is 32.1. The highest BCUT2D eigenvalue weighted by Gasteiger charge is 2.26. The molecule has 1 aliphatic heterocycles. The molecule has 0 unspecified atom stereocenters. The SMILES string of the molecule is CCCNc1nnc(CN2C(=O)CCCC2=O)s1. The number of aromatic nitrogens is 2. The Morgan fingerprint density at radius 3 is 2.67 bits per heavy atom. The van der Waals surface area contributed by atoms with Gasteiger partial charge < -0.3 is 5.32 Å². The lowest BCUT2D eigenvalue weighted by molar-refractivity contribution is -0.148. The van der Waals surface area contributed by atoms with Gasteiger partial charge in [0.2, 0.25) is 16.9 Å². The number of carbonyl (C=O) groups is 2. The number of piperidine rings is 1. The van der Waals surface area contributed by atoms with E-state index in [2.05, 4.69) is 22.4 Å². The van der Waals surface area contributed by atoms with Crippen molar-refractivity contribution in [1.82, 2.24) is 15.1 Å². The zero-order valence-electron chi connectivity index (χ0n) is 10.3. The second-order valence-electron chi connectivity index (χ2n) is 4.15. The molecule has 0 atom stereocenters. The van der Waals surface area contributed by atoms with Gasteiger partial charge in [-0.3, -0.25) is 14.5 Å². The molecular weight excluding hydrogens is 252 g/mol. The van der Waals surface area contributed by atoms with E-state index in [9.17, 15) is 9.59 Å². The summed E-state index contributed by atoms with van der Waals surface area (Å²) in [7, 11) is 0. The van der Waals surface area contributed by atoms with E-state index in [4.69, 9.17) is 0 Å². The summed E-state index contributed by atoms with van der Waals surface area (Å²) >= 11 is 1.39. The summed E-state index contributed by atoms with van der Waals surface area (Å²) < 4.78 is 0. The Balaban J connectivity index is 1.97. The molecule has 7 heteroatoms. The van der Waals surface area contributed by atoms with Gasteiger partial charge in [0.1, 0.15) is 5.01 Å². The van der Waals surface area contributed by atoms with Crippen LogP contribution in [0.3, 0.4) is 0 Å². The number of hydrogen-bond acceptors (Lipinski definition) is 6. The predicted molar refractivity (Wildman–Crippen MR) is 68.1 cm³/mol. The van der Waals surface area contributed by atoms with E-state index in [1.54, 1.807) is 0 Å². The molecule has 2 rings (SSSR count). The van der Waals surface area contributed by atoms with Crippen molar-refractivity contribution in [1.29, 1.82) is 0 Å². The molecule has 1 N–H and O–H groups in total. The largest absolute Gasteiger partial charge is 0.360 e. The van der Waals surface area contributed by atoms with Gasteiger partial charge in [-0.2, -0.15) is 0 Å². The molecule has 1 aromatic rings. The van der Waals surface area contributed by atoms with Crippen molar-refractivity contribution in [2.24, 2.45) is 0 Å². The van der Waals surface area contributed by atoms with E-state index in [1.165, 1.54) is 16.2 Å². The average molecular weight is 268 g/mol. The lowest BCUT2D eigenvalue weighted by Gasteiger charge is -2.23. The Bertz CT molecular complexity index is 430. The van der Waals surface area contributed by atoms with Gasteiger partial charge in [-0.1, -0.05) is 18.3 Å². The van der Waals surface area contributed by atoms with Crippen molar-refractivity contribution in [3.8, 4) is 0 Å². The molecule has 1 aromatic heterocycles. The third-order valence-electron chi connectivity index (χ3n) is 2.67.